The molecular formula is C15H24N2O2S. The third-order valence-electron chi connectivity index (χ3n) is 3.92. The average molecular weight is 296 g/mol. The molecule has 0 atom stereocenters. The number of aryl methyl sites for hydroxylation is 1. The second-order valence-corrected chi connectivity index (χ2v) is 7.26. The molecule has 1 aliphatic rings. The highest BCUT2D eigenvalue weighted by atomic mass is 32.2. The van der Waals surface area contributed by atoms with Crippen LogP contribution in [0.15, 0.2) is 24.3 Å². The van der Waals surface area contributed by atoms with Crippen molar-refractivity contribution in [3.63, 3.8) is 0 Å². The summed E-state index contributed by atoms with van der Waals surface area (Å²) in [4.78, 5) is 0. The molecule has 1 saturated heterocycles. The van der Waals surface area contributed by atoms with Crippen molar-refractivity contribution in [3.8, 4) is 0 Å². The second kappa shape index (κ2) is 7.09. The molecule has 1 heterocycles. The average Bonchev–Trinajstić information content (AvgIpc) is 2.47. The maximum atomic E-state index is 12.2. The maximum absolute atomic E-state index is 12.2. The van der Waals surface area contributed by atoms with Crippen LogP contribution in [0.5, 0.6) is 0 Å². The van der Waals surface area contributed by atoms with E-state index in [4.69, 9.17) is 0 Å². The highest BCUT2D eigenvalue weighted by Crippen LogP contribution is 2.20. The van der Waals surface area contributed by atoms with E-state index in [1.807, 2.05) is 31.2 Å². The zero-order valence-corrected chi connectivity index (χ0v) is 12.9. The summed E-state index contributed by atoms with van der Waals surface area (Å²) in [6, 6.07) is 7.60. The fourth-order valence-corrected chi connectivity index (χ4v) is 3.92. The molecule has 0 saturated carbocycles. The van der Waals surface area contributed by atoms with Gasteiger partial charge in [0.25, 0.3) is 0 Å². The van der Waals surface area contributed by atoms with Crippen LogP contribution in [0.3, 0.4) is 0 Å². The van der Waals surface area contributed by atoms with Crippen molar-refractivity contribution in [1.29, 1.82) is 0 Å². The number of sulfonamides is 1. The number of hydrogen-bond donors (Lipinski definition) is 2. The standard InChI is InChI=1S/C15H24N2O2S/c1-2-14-5-3-4-6-15(14)17-20(18,19)12-9-13-7-10-16-11-8-13/h3-6,13,16-17H,2,7-12H2,1H3. The van der Waals surface area contributed by atoms with Crippen molar-refractivity contribution in [2.45, 2.75) is 32.6 Å². The number of nitrogens with one attached hydrogen (secondary N) is 2. The number of benzene rings is 1. The molecule has 0 unspecified atom stereocenters. The van der Waals surface area contributed by atoms with E-state index in [0.717, 1.165) is 50.0 Å². The Bertz CT molecular complexity index is 522. The minimum Gasteiger partial charge on any atom is -0.317 e. The number of anilines is 1. The Kier molecular flexibility index (Phi) is 5.43. The van der Waals surface area contributed by atoms with Crippen molar-refractivity contribution < 1.29 is 8.42 Å². The predicted molar refractivity (Wildman–Crippen MR) is 83.4 cm³/mol. The first-order chi connectivity index (χ1) is 9.61. The van der Waals surface area contributed by atoms with Gasteiger partial charge in [0.1, 0.15) is 0 Å². The van der Waals surface area contributed by atoms with E-state index in [1.165, 1.54) is 0 Å². The van der Waals surface area contributed by atoms with E-state index in [0.29, 0.717) is 5.92 Å². The van der Waals surface area contributed by atoms with Gasteiger partial charge in [-0.15, -0.1) is 0 Å². The van der Waals surface area contributed by atoms with Crippen molar-refractivity contribution in [3.05, 3.63) is 29.8 Å². The minimum absolute atomic E-state index is 0.218. The SMILES string of the molecule is CCc1ccccc1NS(=O)(=O)CCC1CCNCC1. The van der Waals surface area contributed by atoms with Crippen LogP contribution >= 0.6 is 0 Å². The van der Waals surface area contributed by atoms with Crippen LogP contribution in [0.25, 0.3) is 0 Å². The zero-order chi connectivity index (χ0) is 14.4. The van der Waals surface area contributed by atoms with Gasteiger partial charge in [-0.2, -0.15) is 0 Å². The monoisotopic (exact) mass is 296 g/mol. The smallest absolute Gasteiger partial charge is 0.232 e. The molecule has 1 aromatic carbocycles. The van der Waals surface area contributed by atoms with Crippen LogP contribution in [-0.2, 0) is 16.4 Å². The number of para-hydroxylation sites is 1. The molecule has 4 nitrogen and oxygen atoms in total. The van der Waals surface area contributed by atoms with E-state index in [2.05, 4.69) is 10.0 Å². The first kappa shape index (κ1) is 15.3. The minimum atomic E-state index is -3.24. The normalized spacial score (nSPS) is 17.1. The lowest BCUT2D eigenvalue weighted by atomic mass is 9.96. The molecule has 0 bridgehead atoms. The number of hydrogen-bond acceptors (Lipinski definition) is 3. The summed E-state index contributed by atoms with van der Waals surface area (Å²) >= 11 is 0. The summed E-state index contributed by atoms with van der Waals surface area (Å²) in [5.41, 5.74) is 1.76. The third-order valence-corrected chi connectivity index (χ3v) is 5.22. The van der Waals surface area contributed by atoms with Crippen LogP contribution in [0, 0.1) is 5.92 Å². The first-order valence-electron chi connectivity index (χ1n) is 7.40. The van der Waals surface area contributed by atoms with Gasteiger partial charge in [0, 0.05) is 0 Å². The van der Waals surface area contributed by atoms with Crippen LogP contribution in [-0.4, -0.2) is 27.3 Å². The summed E-state index contributed by atoms with van der Waals surface area (Å²) in [5.74, 6) is 0.754. The van der Waals surface area contributed by atoms with Crippen LogP contribution in [0.2, 0.25) is 0 Å². The summed E-state index contributed by atoms with van der Waals surface area (Å²) in [6.45, 7) is 4.05. The Labute approximate surface area is 122 Å². The highest BCUT2D eigenvalue weighted by molar-refractivity contribution is 7.92. The van der Waals surface area contributed by atoms with Gasteiger partial charge in [0.2, 0.25) is 10.0 Å². The van der Waals surface area contributed by atoms with Crippen LogP contribution in [0.1, 0.15) is 31.7 Å². The number of rotatable bonds is 6. The molecule has 1 fully saturated rings. The van der Waals surface area contributed by atoms with Gasteiger partial charge in [-0.25, -0.2) is 8.42 Å². The third kappa shape index (κ3) is 4.49. The van der Waals surface area contributed by atoms with E-state index >= 15 is 0 Å². The Morgan fingerprint density at radius 2 is 1.95 bits per heavy atom. The molecule has 5 heteroatoms. The quantitative estimate of drug-likeness (QED) is 0.847. The summed E-state index contributed by atoms with van der Waals surface area (Å²) in [5, 5.41) is 3.30. The lowest BCUT2D eigenvalue weighted by Gasteiger charge is -2.22. The molecule has 1 aliphatic heterocycles. The van der Waals surface area contributed by atoms with E-state index in [1.54, 1.807) is 0 Å². The predicted octanol–water partition coefficient (Wildman–Crippen LogP) is 2.38. The molecule has 0 radical (unpaired) electrons. The molecule has 20 heavy (non-hydrogen) atoms. The molecule has 0 aliphatic carbocycles. The Balaban J connectivity index is 1.93. The molecule has 2 rings (SSSR count). The van der Waals surface area contributed by atoms with Crippen molar-refractivity contribution in [2.75, 3.05) is 23.6 Å². The molecule has 2 N–H and O–H groups in total. The Morgan fingerprint density at radius 3 is 2.65 bits per heavy atom. The molecule has 0 spiro atoms. The topological polar surface area (TPSA) is 58.2 Å². The Hall–Kier alpha value is -1.07. The zero-order valence-electron chi connectivity index (χ0n) is 12.1. The fourth-order valence-electron chi connectivity index (χ4n) is 2.64. The largest absolute Gasteiger partial charge is 0.317 e. The van der Waals surface area contributed by atoms with E-state index < -0.39 is 10.0 Å². The van der Waals surface area contributed by atoms with Crippen molar-refractivity contribution in [2.24, 2.45) is 5.92 Å². The molecule has 1 aromatic rings. The summed E-state index contributed by atoms with van der Waals surface area (Å²) in [6.07, 6.45) is 3.75. The van der Waals surface area contributed by atoms with E-state index in [-0.39, 0.29) is 5.75 Å². The molecular weight excluding hydrogens is 272 g/mol. The van der Waals surface area contributed by atoms with Crippen molar-refractivity contribution in [1.82, 2.24) is 5.32 Å². The molecule has 0 aromatic heterocycles. The summed E-state index contributed by atoms with van der Waals surface area (Å²) in [7, 11) is -3.24. The highest BCUT2D eigenvalue weighted by Gasteiger charge is 2.18. The van der Waals surface area contributed by atoms with E-state index in [9.17, 15) is 8.42 Å². The maximum Gasteiger partial charge on any atom is 0.232 e. The summed E-state index contributed by atoms with van der Waals surface area (Å²) < 4.78 is 27.1. The van der Waals surface area contributed by atoms with Gasteiger partial charge in [-0.3, -0.25) is 4.72 Å². The first-order valence-corrected chi connectivity index (χ1v) is 9.05. The van der Waals surface area contributed by atoms with Crippen LogP contribution < -0.4 is 10.0 Å². The van der Waals surface area contributed by atoms with Crippen molar-refractivity contribution >= 4 is 15.7 Å². The molecule has 0 amide bonds. The van der Waals surface area contributed by atoms with Gasteiger partial charge in [0.05, 0.1) is 11.4 Å². The van der Waals surface area contributed by atoms with Gasteiger partial charge < -0.3 is 5.32 Å². The fraction of sp³-hybridized carbons (Fsp3) is 0.600. The van der Waals surface area contributed by atoms with Crippen LogP contribution in [0.4, 0.5) is 5.69 Å². The van der Waals surface area contributed by atoms with Gasteiger partial charge >= 0.3 is 0 Å². The lowest BCUT2D eigenvalue weighted by Crippen LogP contribution is -2.29. The lowest BCUT2D eigenvalue weighted by molar-refractivity contribution is 0.365. The van der Waals surface area contributed by atoms with Gasteiger partial charge in [-0.05, 0) is 56.3 Å². The van der Waals surface area contributed by atoms with Gasteiger partial charge in [0.15, 0.2) is 0 Å². The Morgan fingerprint density at radius 1 is 1.25 bits per heavy atom. The van der Waals surface area contributed by atoms with Gasteiger partial charge in [-0.1, -0.05) is 25.1 Å². The molecule has 112 valence electrons. The number of piperidine rings is 1. The second-order valence-electron chi connectivity index (χ2n) is 5.41.